The Morgan fingerprint density at radius 3 is 2.56 bits per heavy atom. The summed E-state index contributed by atoms with van der Waals surface area (Å²) in [5.74, 6) is -0.986. The molecule has 0 bridgehead atoms. The Bertz CT molecular complexity index is 1040. The number of phenols is 1. The predicted molar refractivity (Wildman–Crippen MR) is 86.9 cm³/mol. The zero-order valence-electron chi connectivity index (χ0n) is 13.5. The number of hydrogen-bond donors (Lipinski definition) is 2. The Morgan fingerprint density at radius 2 is 2.07 bits per heavy atom. The third-order valence-electron chi connectivity index (χ3n) is 3.43. The van der Waals surface area contributed by atoms with Crippen LogP contribution in [0.4, 0.5) is 18.9 Å². The number of nitro benzene ring substituents is 1. The Kier molecular flexibility index (Phi) is 5.21. The Labute approximate surface area is 148 Å². The second kappa shape index (κ2) is 7.20. The molecule has 11 heteroatoms. The van der Waals surface area contributed by atoms with Gasteiger partial charge in [-0.1, -0.05) is 0 Å². The molecule has 8 nitrogen and oxygen atoms in total. The number of aromatic hydroxyl groups is 1. The van der Waals surface area contributed by atoms with Gasteiger partial charge in [-0.3, -0.25) is 14.9 Å². The summed E-state index contributed by atoms with van der Waals surface area (Å²) in [7, 11) is 1.15. The number of pyridine rings is 1. The van der Waals surface area contributed by atoms with Crippen LogP contribution in [0.1, 0.15) is 16.8 Å². The van der Waals surface area contributed by atoms with Crippen LogP contribution in [0.25, 0.3) is 11.6 Å². The molecular weight excluding hydrogens is 371 g/mol. The van der Waals surface area contributed by atoms with Gasteiger partial charge in [0.2, 0.25) is 5.75 Å². The van der Waals surface area contributed by atoms with E-state index in [1.807, 2.05) is 0 Å². The van der Waals surface area contributed by atoms with Crippen molar-refractivity contribution in [1.82, 2.24) is 4.98 Å². The fourth-order valence-corrected chi connectivity index (χ4v) is 2.18. The number of nitrogens with one attached hydrogen (secondary N) is 1. The first kappa shape index (κ1) is 19.5. The number of rotatable bonds is 4. The lowest BCUT2D eigenvalue weighted by atomic mass is 10.0. The monoisotopic (exact) mass is 381 g/mol. The summed E-state index contributed by atoms with van der Waals surface area (Å²) in [5, 5.41) is 30.0. The van der Waals surface area contributed by atoms with Crippen LogP contribution in [0, 0.1) is 21.4 Å². The van der Waals surface area contributed by atoms with Gasteiger partial charge in [-0.2, -0.15) is 18.4 Å². The first-order chi connectivity index (χ1) is 12.6. The topological polar surface area (TPSA) is 129 Å². The van der Waals surface area contributed by atoms with Crippen LogP contribution in [0.2, 0.25) is 0 Å². The molecule has 140 valence electrons. The van der Waals surface area contributed by atoms with E-state index in [0.717, 1.165) is 31.4 Å². The van der Waals surface area contributed by atoms with Crippen molar-refractivity contribution in [2.75, 3.05) is 7.11 Å². The van der Waals surface area contributed by atoms with Crippen molar-refractivity contribution in [2.24, 2.45) is 0 Å². The largest absolute Gasteiger partial charge is 0.500 e. The van der Waals surface area contributed by atoms with E-state index >= 15 is 0 Å². The summed E-state index contributed by atoms with van der Waals surface area (Å²) < 4.78 is 42.7. The molecule has 2 aromatic rings. The van der Waals surface area contributed by atoms with Gasteiger partial charge in [-0.25, -0.2) is 0 Å². The minimum Gasteiger partial charge on any atom is -0.500 e. The summed E-state index contributed by atoms with van der Waals surface area (Å²) in [6.45, 7) is 0. The van der Waals surface area contributed by atoms with E-state index in [1.54, 1.807) is 11.1 Å². The molecule has 0 aliphatic carbocycles. The summed E-state index contributed by atoms with van der Waals surface area (Å²) >= 11 is 0. The van der Waals surface area contributed by atoms with Crippen molar-refractivity contribution in [3.63, 3.8) is 0 Å². The van der Waals surface area contributed by atoms with Gasteiger partial charge in [-0.05, 0) is 29.8 Å². The number of methoxy groups -OCH3 is 1. The molecule has 0 saturated heterocycles. The fourth-order valence-electron chi connectivity index (χ4n) is 2.18. The van der Waals surface area contributed by atoms with Crippen LogP contribution >= 0.6 is 0 Å². The van der Waals surface area contributed by atoms with Gasteiger partial charge in [0.25, 0.3) is 5.56 Å². The van der Waals surface area contributed by atoms with Gasteiger partial charge in [0.05, 0.1) is 29.2 Å². The van der Waals surface area contributed by atoms with Gasteiger partial charge in [0, 0.05) is 6.07 Å². The third-order valence-corrected chi connectivity index (χ3v) is 3.43. The highest BCUT2D eigenvalue weighted by molar-refractivity contribution is 5.90. The molecule has 1 aromatic carbocycles. The maximum atomic E-state index is 12.6. The molecule has 1 aromatic heterocycles. The number of halogens is 3. The molecule has 0 aliphatic rings. The molecule has 2 N–H and O–H groups in total. The van der Waals surface area contributed by atoms with Gasteiger partial charge < -0.3 is 14.8 Å². The van der Waals surface area contributed by atoms with Gasteiger partial charge in [0.1, 0.15) is 5.69 Å². The number of nitro groups is 1. The molecule has 0 radical (unpaired) electrons. The SMILES string of the molecule is COc1cc(/C=C(\C#N)c2ccc(C(F)(F)F)[nH]c2=O)cc([N+](=O)[O-])c1O. The van der Waals surface area contributed by atoms with Crippen LogP contribution < -0.4 is 10.3 Å². The minimum absolute atomic E-state index is 0.0206. The van der Waals surface area contributed by atoms with Crippen LogP contribution in [-0.4, -0.2) is 22.1 Å². The number of allylic oxidation sites excluding steroid dienone is 1. The lowest BCUT2D eigenvalue weighted by Gasteiger charge is -2.08. The number of nitriles is 1. The molecule has 0 amide bonds. The number of H-pyrrole nitrogens is 1. The van der Waals surface area contributed by atoms with Crippen molar-refractivity contribution in [2.45, 2.75) is 6.18 Å². The zero-order valence-corrected chi connectivity index (χ0v) is 13.5. The maximum absolute atomic E-state index is 12.6. The summed E-state index contributed by atoms with van der Waals surface area (Å²) in [5.41, 5.74) is -3.83. The van der Waals surface area contributed by atoms with E-state index in [9.17, 15) is 38.4 Å². The number of ether oxygens (including phenoxy) is 1. The number of aromatic amines is 1. The molecule has 2 rings (SSSR count). The van der Waals surface area contributed by atoms with Crippen molar-refractivity contribution >= 4 is 17.3 Å². The van der Waals surface area contributed by atoms with Crippen molar-refractivity contribution < 1.29 is 27.9 Å². The lowest BCUT2D eigenvalue weighted by molar-refractivity contribution is -0.386. The second-order valence-corrected chi connectivity index (χ2v) is 5.13. The second-order valence-electron chi connectivity index (χ2n) is 5.13. The quantitative estimate of drug-likeness (QED) is 0.476. The number of nitrogens with zero attached hydrogens (tertiary/aromatic N) is 2. The number of hydrogen-bond acceptors (Lipinski definition) is 6. The molecule has 0 spiro atoms. The lowest BCUT2D eigenvalue weighted by Crippen LogP contribution is -2.18. The average Bonchev–Trinajstić information content (AvgIpc) is 2.59. The van der Waals surface area contributed by atoms with E-state index in [-0.39, 0.29) is 22.4 Å². The Hall–Kier alpha value is -3.81. The van der Waals surface area contributed by atoms with Gasteiger partial charge in [0.15, 0.2) is 5.75 Å². The van der Waals surface area contributed by atoms with Crippen molar-refractivity contribution in [3.05, 3.63) is 61.6 Å². The van der Waals surface area contributed by atoms with Gasteiger partial charge in [-0.15, -0.1) is 0 Å². The number of benzene rings is 1. The van der Waals surface area contributed by atoms with E-state index in [1.165, 1.54) is 0 Å². The highest BCUT2D eigenvalue weighted by Gasteiger charge is 2.32. The molecule has 27 heavy (non-hydrogen) atoms. The molecular formula is C16H10F3N3O5. The Balaban J connectivity index is 2.61. The van der Waals surface area contributed by atoms with Gasteiger partial charge >= 0.3 is 11.9 Å². The molecule has 0 unspecified atom stereocenters. The fraction of sp³-hybridized carbons (Fsp3) is 0.125. The predicted octanol–water partition coefficient (Wildman–Crippen LogP) is 3.08. The van der Waals surface area contributed by atoms with E-state index < -0.39 is 33.8 Å². The van der Waals surface area contributed by atoms with Crippen molar-refractivity contribution in [1.29, 1.82) is 5.26 Å². The highest BCUT2D eigenvalue weighted by Crippen LogP contribution is 2.37. The summed E-state index contributed by atoms with van der Waals surface area (Å²) in [6.07, 6.45) is -3.72. The average molecular weight is 381 g/mol. The van der Waals surface area contributed by atoms with Crippen molar-refractivity contribution in [3.8, 4) is 17.6 Å². The normalized spacial score (nSPS) is 11.7. The standard InChI is InChI=1S/C16H10F3N3O5/c1-27-12-6-8(5-11(14(12)23)22(25)26)4-9(7-20)10-2-3-13(16(17,18)19)21-15(10)24/h2-6,23H,1H3,(H,21,24)/b9-4+. The number of alkyl halides is 3. The van der Waals surface area contributed by atoms with Crippen LogP contribution in [-0.2, 0) is 6.18 Å². The number of aromatic nitrogens is 1. The molecule has 0 saturated carbocycles. The first-order valence-electron chi connectivity index (χ1n) is 7.06. The molecule has 0 atom stereocenters. The number of phenolic OH excluding ortho intramolecular Hbond substituents is 1. The summed E-state index contributed by atoms with van der Waals surface area (Å²) in [4.78, 5) is 23.7. The zero-order chi connectivity index (χ0) is 20.4. The van der Waals surface area contributed by atoms with Crippen LogP contribution in [0.15, 0.2) is 29.1 Å². The molecule has 0 aliphatic heterocycles. The molecule has 1 heterocycles. The van der Waals surface area contributed by atoms with Crippen LogP contribution in [0.3, 0.4) is 0 Å². The smallest absolute Gasteiger partial charge is 0.431 e. The minimum atomic E-state index is -4.76. The van der Waals surface area contributed by atoms with E-state index in [4.69, 9.17) is 4.74 Å². The maximum Gasteiger partial charge on any atom is 0.431 e. The van der Waals surface area contributed by atoms with E-state index in [2.05, 4.69) is 0 Å². The molecule has 0 fully saturated rings. The first-order valence-corrected chi connectivity index (χ1v) is 7.06. The highest BCUT2D eigenvalue weighted by atomic mass is 19.4. The third kappa shape index (κ3) is 4.06. The Morgan fingerprint density at radius 1 is 1.41 bits per heavy atom. The van der Waals surface area contributed by atoms with E-state index in [0.29, 0.717) is 6.07 Å². The van der Waals surface area contributed by atoms with Crippen LogP contribution in [0.5, 0.6) is 11.5 Å². The summed E-state index contributed by atoms with van der Waals surface area (Å²) in [6, 6.07) is 5.16.